The lowest BCUT2D eigenvalue weighted by Crippen LogP contribution is -3.00. The molecule has 0 amide bonds. The minimum atomic E-state index is 0. The highest BCUT2D eigenvalue weighted by Gasteiger charge is 2.11. The van der Waals surface area contributed by atoms with Gasteiger partial charge in [-0.3, -0.25) is 0 Å². The molecule has 2 aromatic carbocycles. The lowest BCUT2D eigenvalue weighted by atomic mass is 10.1. The summed E-state index contributed by atoms with van der Waals surface area (Å²) in [6.07, 6.45) is 4.00. The van der Waals surface area contributed by atoms with E-state index in [1.54, 1.807) is 6.07 Å². The maximum atomic E-state index is 9.83. The molecular formula is C19H18INO. The molecule has 0 atom stereocenters. The number of fused-ring (bicyclic) bond motifs is 1. The van der Waals surface area contributed by atoms with Crippen LogP contribution in [0.3, 0.4) is 0 Å². The molecule has 1 N–H and O–H groups in total. The van der Waals surface area contributed by atoms with Crippen molar-refractivity contribution < 1.29 is 33.7 Å². The second-order valence-corrected chi connectivity index (χ2v) is 4.95. The number of para-hydroxylation sites is 2. The first-order valence-electron chi connectivity index (χ1n) is 7.17. The van der Waals surface area contributed by atoms with Crippen molar-refractivity contribution in [2.75, 3.05) is 0 Å². The number of aryl methyl sites for hydroxylation is 1. The maximum Gasteiger partial charge on any atom is 0.212 e. The van der Waals surface area contributed by atoms with Crippen molar-refractivity contribution in [1.29, 1.82) is 0 Å². The van der Waals surface area contributed by atoms with Crippen molar-refractivity contribution in [3.63, 3.8) is 0 Å². The fraction of sp³-hybridized carbons (Fsp3) is 0.105. The molecule has 0 aliphatic carbocycles. The standard InChI is InChI=1S/C19H17NO.HI/c1-2-20-17(13-11-15-7-3-5-9-18(15)20)14-12-16-8-4-6-10-19(16)21;/h3-14H,2H2,1H3;1H. The Labute approximate surface area is 147 Å². The van der Waals surface area contributed by atoms with E-state index in [1.165, 1.54) is 10.9 Å². The SMILES string of the molecule is CC[n+]1c(/C=C/c2ccccc2O)ccc2ccccc21.[I-]. The van der Waals surface area contributed by atoms with E-state index in [2.05, 4.69) is 47.9 Å². The first-order chi connectivity index (χ1) is 10.3. The molecular weight excluding hydrogens is 385 g/mol. The van der Waals surface area contributed by atoms with Gasteiger partial charge in [0, 0.05) is 29.2 Å². The summed E-state index contributed by atoms with van der Waals surface area (Å²) in [5.74, 6) is 0.303. The van der Waals surface area contributed by atoms with E-state index in [9.17, 15) is 5.11 Å². The van der Waals surface area contributed by atoms with Crippen LogP contribution in [0.1, 0.15) is 18.2 Å². The molecule has 0 aliphatic heterocycles. The van der Waals surface area contributed by atoms with Crippen molar-refractivity contribution in [3.8, 4) is 5.75 Å². The Hall–Kier alpha value is -1.88. The van der Waals surface area contributed by atoms with Crippen LogP contribution in [0, 0.1) is 0 Å². The summed E-state index contributed by atoms with van der Waals surface area (Å²) < 4.78 is 2.27. The average molecular weight is 403 g/mol. The van der Waals surface area contributed by atoms with Crippen LogP contribution in [0.4, 0.5) is 0 Å². The van der Waals surface area contributed by atoms with Gasteiger partial charge in [-0.1, -0.05) is 30.3 Å². The molecule has 1 heterocycles. The third-order valence-corrected chi connectivity index (χ3v) is 3.66. The van der Waals surface area contributed by atoms with Crippen LogP contribution in [0.5, 0.6) is 5.75 Å². The van der Waals surface area contributed by atoms with Crippen molar-refractivity contribution in [2.45, 2.75) is 13.5 Å². The summed E-state index contributed by atoms with van der Waals surface area (Å²) in [5, 5.41) is 11.1. The molecule has 0 radical (unpaired) electrons. The van der Waals surface area contributed by atoms with Gasteiger partial charge in [0.2, 0.25) is 11.2 Å². The second kappa shape index (κ2) is 7.40. The second-order valence-electron chi connectivity index (χ2n) is 4.95. The predicted molar refractivity (Wildman–Crippen MR) is 86.9 cm³/mol. The molecule has 1 aromatic heterocycles. The minimum Gasteiger partial charge on any atom is -1.00 e. The number of nitrogens with zero attached hydrogens (tertiary/aromatic N) is 1. The number of hydrogen-bond acceptors (Lipinski definition) is 1. The lowest BCUT2D eigenvalue weighted by molar-refractivity contribution is -0.669. The van der Waals surface area contributed by atoms with Gasteiger partial charge in [0.1, 0.15) is 12.3 Å². The summed E-state index contributed by atoms with van der Waals surface area (Å²) in [7, 11) is 0. The summed E-state index contributed by atoms with van der Waals surface area (Å²) in [6.45, 7) is 3.05. The van der Waals surface area contributed by atoms with Crippen LogP contribution in [0.2, 0.25) is 0 Å². The molecule has 0 fully saturated rings. The largest absolute Gasteiger partial charge is 1.00 e. The van der Waals surface area contributed by atoms with Crippen LogP contribution >= 0.6 is 0 Å². The van der Waals surface area contributed by atoms with Gasteiger partial charge in [-0.2, -0.15) is 4.57 Å². The Morgan fingerprint density at radius 1 is 0.909 bits per heavy atom. The van der Waals surface area contributed by atoms with Gasteiger partial charge in [-0.15, -0.1) is 0 Å². The zero-order valence-electron chi connectivity index (χ0n) is 12.4. The molecule has 3 heteroatoms. The normalized spacial score (nSPS) is 10.8. The molecule has 2 nitrogen and oxygen atoms in total. The topological polar surface area (TPSA) is 24.1 Å². The van der Waals surface area contributed by atoms with Crippen LogP contribution in [0.15, 0.2) is 60.7 Å². The average Bonchev–Trinajstić information content (AvgIpc) is 2.53. The van der Waals surface area contributed by atoms with Crippen LogP contribution in [-0.4, -0.2) is 5.11 Å². The monoisotopic (exact) mass is 403 g/mol. The van der Waals surface area contributed by atoms with Gasteiger partial charge in [-0.25, -0.2) is 0 Å². The number of benzene rings is 2. The molecule has 112 valence electrons. The molecule has 0 saturated heterocycles. The first kappa shape index (κ1) is 16.5. The molecule has 0 spiro atoms. The molecule has 22 heavy (non-hydrogen) atoms. The lowest BCUT2D eigenvalue weighted by Gasteiger charge is -2.03. The van der Waals surface area contributed by atoms with E-state index in [0.29, 0.717) is 5.75 Å². The number of halogens is 1. The highest BCUT2D eigenvalue weighted by molar-refractivity contribution is 5.77. The molecule has 0 aliphatic rings. The summed E-state index contributed by atoms with van der Waals surface area (Å²) in [6, 6.07) is 20.0. The molecule has 3 rings (SSSR count). The Morgan fingerprint density at radius 3 is 2.41 bits per heavy atom. The Bertz CT molecular complexity index is 811. The molecule has 0 bridgehead atoms. The number of hydrogen-bond donors (Lipinski definition) is 1. The Balaban J connectivity index is 0.00000176. The van der Waals surface area contributed by atoms with Gasteiger partial charge in [0.25, 0.3) is 0 Å². The Kier molecular flexibility index (Phi) is 5.55. The number of aromatic hydroxyl groups is 1. The minimum absolute atomic E-state index is 0. The van der Waals surface area contributed by atoms with Gasteiger partial charge in [0.15, 0.2) is 0 Å². The fourth-order valence-electron chi connectivity index (χ4n) is 2.58. The number of rotatable bonds is 3. The zero-order chi connectivity index (χ0) is 14.7. The first-order valence-corrected chi connectivity index (χ1v) is 7.17. The zero-order valence-corrected chi connectivity index (χ0v) is 14.6. The molecule has 0 unspecified atom stereocenters. The molecule has 3 aromatic rings. The summed E-state index contributed by atoms with van der Waals surface area (Å²) in [5.41, 5.74) is 3.17. The Morgan fingerprint density at radius 2 is 1.64 bits per heavy atom. The summed E-state index contributed by atoms with van der Waals surface area (Å²) in [4.78, 5) is 0. The number of aromatic nitrogens is 1. The van der Waals surface area contributed by atoms with Crippen LogP contribution in [0.25, 0.3) is 23.1 Å². The van der Waals surface area contributed by atoms with Crippen LogP contribution in [-0.2, 0) is 6.54 Å². The number of phenolic OH excluding ortho intramolecular Hbond substituents is 1. The smallest absolute Gasteiger partial charge is 0.212 e. The van der Waals surface area contributed by atoms with E-state index in [1.807, 2.05) is 30.4 Å². The third kappa shape index (κ3) is 3.30. The third-order valence-electron chi connectivity index (χ3n) is 3.66. The summed E-state index contributed by atoms with van der Waals surface area (Å²) >= 11 is 0. The molecule has 0 saturated carbocycles. The number of phenols is 1. The highest BCUT2D eigenvalue weighted by atomic mass is 127. The van der Waals surface area contributed by atoms with E-state index in [0.717, 1.165) is 17.8 Å². The van der Waals surface area contributed by atoms with E-state index >= 15 is 0 Å². The fourth-order valence-corrected chi connectivity index (χ4v) is 2.58. The quantitative estimate of drug-likeness (QED) is 0.513. The van der Waals surface area contributed by atoms with Gasteiger partial charge in [-0.05, 0) is 31.2 Å². The van der Waals surface area contributed by atoms with Crippen molar-refractivity contribution in [2.24, 2.45) is 0 Å². The van der Waals surface area contributed by atoms with E-state index in [4.69, 9.17) is 0 Å². The highest BCUT2D eigenvalue weighted by Crippen LogP contribution is 2.18. The maximum absolute atomic E-state index is 9.83. The van der Waals surface area contributed by atoms with Crippen molar-refractivity contribution >= 4 is 23.1 Å². The van der Waals surface area contributed by atoms with E-state index < -0.39 is 0 Å². The van der Waals surface area contributed by atoms with Gasteiger partial charge in [0.05, 0.1) is 0 Å². The van der Waals surface area contributed by atoms with Crippen molar-refractivity contribution in [1.82, 2.24) is 0 Å². The predicted octanol–water partition coefficient (Wildman–Crippen LogP) is 1.03. The van der Waals surface area contributed by atoms with Crippen LogP contribution < -0.4 is 28.5 Å². The van der Waals surface area contributed by atoms with Gasteiger partial charge < -0.3 is 29.1 Å². The van der Waals surface area contributed by atoms with E-state index in [-0.39, 0.29) is 24.0 Å². The van der Waals surface area contributed by atoms with Crippen molar-refractivity contribution in [3.05, 3.63) is 71.9 Å². The number of pyridine rings is 1. The van der Waals surface area contributed by atoms with Gasteiger partial charge >= 0.3 is 0 Å².